The summed E-state index contributed by atoms with van der Waals surface area (Å²) in [5, 5.41) is 19.6. The normalized spacial score (nSPS) is 13.0. The lowest BCUT2D eigenvalue weighted by atomic mass is 10.3. The summed E-state index contributed by atoms with van der Waals surface area (Å²) in [7, 11) is -3.73. The molecule has 0 amide bonds. The summed E-state index contributed by atoms with van der Waals surface area (Å²) in [5.41, 5.74) is 5.15. The highest BCUT2D eigenvalue weighted by Crippen LogP contribution is 2.16. The molecule has 0 aliphatic rings. The molecule has 1 aromatic rings. The van der Waals surface area contributed by atoms with E-state index in [0.29, 0.717) is 0 Å². The Bertz CT molecular complexity index is 514. The first-order valence-corrected chi connectivity index (χ1v) is 6.62. The standard InChI is InChI=1S/C9H13N3O5S/c10-5-9(13)6-18(16,17)11-7-1-3-8(4-2-7)12(14)15/h1-4,9,11,13H,5-6,10H2/t9-/m0/s1. The van der Waals surface area contributed by atoms with Crippen molar-refractivity contribution >= 4 is 21.4 Å². The van der Waals surface area contributed by atoms with Crippen LogP contribution in [0.1, 0.15) is 0 Å². The molecule has 1 aromatic carbocycles. The Morgan fingerprint density at radius 3 is 2.39 bits per heavy atom. The molecule has 4 N–H and O–H groups in total. The van der Waals surface area contributed by atoms with Crippen LogP contribution >= 0.6 is 0 Å². The quantitative estimate of drug-likeness (QED) is 0.480. The van der Waals surface area contributed by atoms with Crippen molar-refractivity contribution in [2.45, 2.75) is 6.10 Å². The number of nitrogens with one attached hydrogen (secondary N) is 1. The summed E-state index contributed by atoms with van der Waals surface area (Å²) in [6.45, 7) is -0.166. The van der Waals surface area contributed by atoms with Gasteiger partial charge in [0.1, 0.15) is 0 Å². The monoisotopic (exact) mass is 275 g/mol. The van der Waals surface area contributed by atoms with E-state index in [2.05, 4.69) is 4.72 Å². The third-order valence-corrected chi connectivity index (χ3v) is 3.41. The molecule has 18 heavy (non-hydrogen) atoms. The van der Waals surface area contributed by atoms with Gasteiger partial charge in [-0.15, -0.1) is 0 Å². The SMILES string of the molecule is NC[C@H](O)CS(=O)(=O)Nc1ccc([N+](=O)[O-])cc1. The van der Waals surface area contributed by atoms with Gasteiger partial charge < -0.3 is 10.8 Å². The van der Waals surface area contributed by atoms with E-state index in [-0.39, 0.29) is 17.9 Å². The van der Waals surface area contributed by atoms with Crippen LogP contribution in [-0.4, -0.2) is 36.8 Å². The zero-order chi connectivity index (χ0) is 13.8. The molecule has 0 fully saturated rings. The number of anilines is 1. The number of rotatable bonds is 6. The number of hydrogen-bond donors (Lipinski definition) is 3. The van der Waals surface area contributed by atoms with Crippen LogP contribution < -0.4 is 10.5 Å². The fourth-order valence-electron chi connectivity index (χ4n) is 1.19. The molecule has 1 rings (SSSR count). The smallest absolute Gasteiger partial charge is 0.269 e. The first-order valence-electron chi connectivity index (χ1n) is 4.97. The van der Waals surface area contributed by atoms with Crippen LogP contribution in [0.25, 0.3) is 0 Å². The number of nitro benzene ring substituents is 1. The van der Waals surface area contributed by atoms with Crippen molar-refractivity contribution in [1.29, 1.82) is 0 Å². The summed E-state index contributed by atoms with van der Waals surface area (Å²) >= 11 is 0. The van der Waals surface area contributed by atoms with Gasteiger partial charge in [-0.3, -0.25) is 14.8 Å². The second kappa shape index (κ2) is 5.76. The Kier molecular flexibility index (Phi) is 4.59. The molecule has 0 bridgehead atoms. The Morgan fingerprint density at radius 1 is 1.39 bits per heavy atom. The van der Waals surface area contributed by atoms with Crippen LogP contribution in [-0.2, 0) is 10.0 Å². The average molecular weight is 275 g/mol. The lowest BCUT2D eigenvalue weighted by Crippen LogP contribution is -2.31. The summed E-state index contributed by atoms with van der Waals surface area (Å²) in [4.78, 5) is 9.81. The predicted octanol–water partition coefficient (Wildman–Crippen LogP) is -0.344. The summed E-state index contributed by atoms with van der Waals surface area (Å²) in [6.07, 6.45) is -1.15. The minimum absolute atomic E-state index is 0.139. The fourth-order valence-corrected chi connectivity index (χ4v) is 2.41. The van der Waals surface area contributed by atoms with Gasteiger partial charge in [0, 0.05) is 24.4 Å². The molecule has 0 unspecified atom stereocenters. The molecular weight excluding hydrogens is 262 g/mol. The predicted molar refractivity (Wildman–Crippen MR) is 65.6 cm³/mol. The lowest BCUT2D eigenvalue weighted by molar-refractivity contribution is -0.384. The fraction of sp³-hybridized carbons (Fsp3) is 0.333. The molecule has 8 nitrogen and oxygen atoms in total. The van der Waals surface area contributed by atoms with Crippen molar-refractivity contribution in [2.24, 2.45) is 5.73 Å². The van der Waals surface area contributed by atoms with E-state index in [1.54, 1.807) is 0 Å². The molecular formula is C9H13N3O5S. The third-order valence-electron chi connectivity index (χ3n) is 2.04. The van der Waals surface area contributed by atoms with Crippen molar-refractivity contribution in [1.82, 2.24) is 0 Å². The molecule has 0 radical (unpaired) electrons. The molecule has 100 valence electrons. The van der Waals surface area contributed by atoms with Crippen LogP contribution in [0, 0.1) is 10.1 Å². The zero-order valence-corrected chi connectivity index (χ0v) is 10.1. The number of nitrogens with zero attached hydrogens (tertiary/aromatic N) is 1. The van der Waals surface area contributed by atoms with Gasteiger partial charge in [0.15, 0.2) is 0 Å². The molecule has 1 atom stereocenters. The van der Waals surface area contributed by atoms with Crippen molar-refractivity contribution in [3.05, 3.63) is 34.4 Å². The Morgan fingerprint density at radius 2 is 1.94 bits per heavy atom. The van der Waals surface area contributed by atoms with Gasteiger partial charge in [0.2, 0.25) is 10.0 Å². The number of sulfonamides is 1. The molecule has 0 aromatic heterocycles. The number of aliphatic hydroxyl groups is 1. The van der Waals surface area contributed by atoms with E-state index < -0.39 is 26.8 Å². The van der Waals surface area contributed by atoms with Crippen molar-refractivity contribution < 1.29 is 18.4 Å². The number of nitrogens with two attached hydrogens (primary N) is 1. The van der Waals surface area contributed by atoms with Crippen LogP contribution in [0.15, 0.2) is 24.3 Å². The number of hydrogen-bond acceptors (Lipinski definition) is 6. The first kappa shape index (κ1) is 14.4. The van der Waals surface area contributed by atoms with E-state index in [0.717, 1.165) is 0 Å². The zero-order valence-electron chi connectivity index (χ0n) is 9.31. The van der Waals surface area contributed by atoms with E-state index in [1.807, 2.05) is 0 Å². The molecule has 0 spiro atoms. The largest absolute Gasteiger partial charge is 0.391 e. The van der Waals surface area contributed by atoms with Crippen molar-refractivity contribution in [3.8, 4) is 0 Å². The van der Waals surface area contributed by atoms with Crippen molar-refractivity contribution in [2.75, 3.05) is 17.0 Å². The highest BCUT2D eigenvalue weighted by atomic mass is 32.2. The Hall–Kier alpha value is -1.71. The van der Waals surface area contributed by atoms with E-state index in [4.69, 9.17) is 10.8 Å². The topological polar surface area (TPSA) is 136 Å². The maximum absolute atomic E-state index is 11.5. The number of non-ortho nitro benzene ring substituents is 1. The van der Waals surface area contributed by atoms with E-state index in [9.17, 15) is 18.5 Å². The minimum Gasteiger partial charge on any atom is -0.391 e. The maximum Gasteiger partial charge on any atom is 0.269 e. The van der Waals surface area contributed by atoms with Gasteiger partial charge in [-0.2, -0.15) is 0 Å². The van der Waals surface area contributed by atoms with Crippen molar-refractivity contribution in [3.63, 3.8) is 0 Å². The molecule has 0 heterocycles. The maximum atomic E-state index is 11.5. The number of nitro groups is 1. The lowest BCUT2D eigenvalue weighted by Gasteiger charge is -2.10. The molecule has 0 aliphatic heterocycles. The van der Waals surface area contributed by atoms with Gasteiger partial charge in [0.05, 0.1) is 16.8 Å². The van der Waals surface area contributed by atoms with Gasteiger partial charge in [-0.25, -0.2) is 8.42 Å². The van der Waals surface area contributed by atoms with Crippen LogP contribution in [0.2, 0.25) is 0 Å². The third kappa shape index (κ3) is 4.28. The summed E-state index contributed by atoms with van der Waals surface area (Å²) in [6, 6.07) is 4.89. The molecule has 9 heteroatoms. The highest BCUT2D eigenvalue weighted by Gasteiger charge is 2.16. The minimum atomic E-state index is -3.73. The average Bonchev–Trinajstić information content (AvgIpc) is 2.28. The van der Waals surface area contributed by atoms with Gasteiger partial charge >= 0.3 is 0 Å². The second-order valence-electron chi connectivity index (χ2n) is 3.58. The Balaban J connectivity index is 2.75. The first-order chi connectivity index (χ1) is 8.34. The number of benzene rings is 1. The van der Waals surface area contributed by atoms with E-state index in [1.165, 1.54) is 24.3 Å². The van der Waals surface area contributed by atoms with Gasteiger partial charge in [-0.1, -0.05) is 0 Å². The van der Waals surface area contributed by atoms with Gasteiger partial charge in [-0.05, 0) is 12.1 Å². The summed E-state index contributed by atoms with van der Waals surface area (Å²) < 4.78 is 25.2. The van der Waals surface area contributed by atoms with Crippen LogP contribution in [0.3, 0.4) is 0 Å². The molecule has 0 saturated carbocycles. The van der Waals surface area contributed by atoms with Gasteiger partial charge in [0.25, 0.3) is 5.69 Å². The van der Waals surface area contributed by atoms with Crippen LogP contribution in [0.5, 0.6) is 0 Å². The second-order valence-corrected chi connectivity index (χ2v) is 5.34. The molecule has 0 saturated heterocycles. The Labute approximate surface area is 104 Å². The molecule has 0 aliphatic carbocycles. The van der Waals surface area contributed by atoms with E-state index >= 15 is 0 Å². The van der Waals surface area contributed by atoms with Crippen LogP contribution in [0.4, 0.5) is 11.4 Å². The summed E-state index contributed by atoms with van der Waals surface area (Å²) in [5.74, 6) is -0.527. The number of aliphatic hydroxyl groups excluding tert-OH is 1. The highest BCUT2D eigenvalue weighted by molar-refractivity contribution is 7.92.